The van der Waals surface area contributed by atoms with E-state index in [0.29, 0.717) is 0 Å². The van der Waals surface area contributed by atoms with Crippen molar-refractivity contribution in [1.29, 1.82) is 0 Å². The number of rotatable bonds is 3. The van der Waals surface area contributed by atoms with Crippen LogP contribution in [0.15, 0.2) is 19.0 Å². The summed E-state index contributed by atoms with van der Waals surface area (Å²) in [6.07, 6.45) is 3.70. The molecule has 0 aliphatic carbocycles. The van der Waals surface area contributed by atoms with E-state index in [-0.39, 0.29) is 17.4 Å². The van der Waals surface area contributed by atoms with E-state index in [1.54, 1.807) is 0 Å². The Kier molecular flexibility index (Phi) is 2.42. The van der Waals surface area contributed by atoms with Gasteiger partial charge in [-0.3, -0.25) is 10.1 Å². The Morgan fingerprint density at radius 1 is 1.44 bits per heavy atom. The second-order valence-corrected chi connectivity index (χ2v) is 2.65. The summed E-state index contributed by atoms with van der Waals surface area (Å²) in [7, 11) is 1.29. The van der Waals surface area contributed by atoms with Crippen LogP contribution >= 0.6 is 0 Å². The van der Waals surface area contributed by atoms with Gasteiger partial charge < -0.3 is 4.74 Å². The summed E-state index contributed by atoms with van der Waals surface area (Å²) in [4.78, 5) is 21.4. The summed E-state index contributed by atoms with van der Waals surface area (Å²) in [6.45, 7) is 0. The van der Waals surface area contributed by atoms with Crippen molar-refractivity contribution in [1.82, 2.24) is 24.7 Å². The summed E-state index contributed by atoms with van der Waals surface area (Å²) in [6, 6.07) is 0. The molecule has 2 aromatic heterocycles. The van der Waals surface area contributed by atoms with Crippen LogP contribution in [0, 0.1) is 10.1 Å². The van der Waals surface area contributed by atoms with Crippen LogP contribution in [0.5, 0.6) is 5.88 Å². The topological polar surface area (TPSA) is 109 Å². The third-order valence-electron chi connectivity index (χ3n) is 1.78. The van der Waals surface area contributed by atoms with E-state index in [9.17, 15) is 10.1 Å². The largest absolute Gasteiger partial charge is 0.476 e. The van der Waals surface area contributed by atoms with Crippen molar-refractivity contribution in [2.75, 3.05) is 7.11 Å². The molecule has 0 radical (unpaired) electrons. The standard InChI is InChI=1S/C7H6N6O3/c1-16-7-5(13(14)15)6(9-3-10-7)12-4-8-2-11-12/h2-4H,1H3. The minimum absolute atomic E-state index is 0.00866. The molecule has 0 aliphatic heterocycles. The van der Waals surface area contributed by atoms with E-state index in [0.717, 1.165) is 6.33 Å². The van der Waals surface area contributed by atoms with Gasteiger partial charge in [-0.15, -0.1) is 0 Å². The van der Waals surface area contributed by atoms with E-state index < -0.39 is 4.92 Å². The third-order valence-corrected chi connectivity index (χ3v) is 1.78. The van der Waals surface area contributed by atoms with Gasteiger partial charge >= 0.3 is 5.69 Å². The van der Waals surface area contributed by atoms with E-state index >= 15 is 0 Å². The average molecular weight is 222 g/mol. The summed E-state index contributed by atoms with van der Waals surface area (Å²) in [5, 5.41) is 14.6. The molecule has 82 valence electrons. The molecule has 0 aliphatic rings. The maximum absolute atomic E-state index is 10.9. The van der Waals surface area contributed by atoms with E-state index in [1.165, 1.54) is 24.4 Å². The van der Waals surface area contributed by atoms with E-state index in [2.05, 4.69) is 20.1 Å². The number of aromatic nitrogens is 5. The number of ether oxygens (including phenoxy) is 1. The SMILES string of the molecule is COc1ncnc(-n2cncn2)c1[N+](=O)[O-]. The number of nitro groups is 1. The highest BCUT2D eigenvalue weighted by molar-refractivity contribution is 5.52. The number of methoxy groups -OCH3 is 1. The first kappa shape index (κ1) is 9.96. The maximum Gasteiger partial charge on any atom is 0.375 e. The fourth-order valence-electron chi connectivity index (χ4n) is 1.15. The molecule has 0 saturated carbocycles. The van der Waals surface area contributed by atoms with Crippen LogP contribution in [0.3, 0.4) is 0 Å². The van der Waals surface area contributed by atoms with Gasteiger partial charge in [0.15, 0.2) is 0 Å². The van der Waals surface area contributed by atoms with Crippen LogP contribution in [0.25, 0.3) is 5.82 Å². The van der Waals surface area contributed by atoms with E-state index in [4.69, 9.17) is 4.74 Å². The summed E-state index contributed by atoms with van der Waals surface area (Å²) in [5.41, 5.74) is -0.351. The minimum Gasteiger partial charge on any atom is -0.476 e. The Balaban J connectivity index is 2.65. The first-order valence-electron chi connectivity index (χ1n) is 4.12. The van der Waals surface area contributed by atoms with Gasteiger partial charge in [-0.05, 0) is 0 Å². The van der Waals surface area contributed by atoms with Crippen molar-refractivity contribution in [2.45, 2.75) is 0 Å². The smallest absolute Gasteiger partial charge is 0.375 e. The second-order valence-electron chi connectivity index (χ2n) is 2.65. The van der Waals surface area contributed by atoms with Crippen molar-refractivity contribution in [3.05, 3.63) is 29.1 Å². The van der Waals surface area contributed by atoms with Crippen LogP contribution in [0.2, 0.25) is 0 Å². The van der Waals surface area contributed by atoms with Gasteiger partial charge in [0.05, 0.1) is 12.0 Å². The quantitative estimate of drug-likeness (QED) is 0.529. The molecule has 9 nitrogen and oxygen atoms in total. The molecule has 2 aromatic rings. The van der Waals surface area contributed by atoms with Gasteiger partial charge in [0, 0.05) is 0 Å². The van der Waals surface area contributed by atoms with Crippen LogP contribution in [0.4, 0.5) is 5.69 Å². The van der Waals surface area contributed by atoms with Crippen molar-refractivity contribution in [3.63, 3.8) is 0 Å². The van der Waals surface area contributed by atoms with Gasteiger partial charge in [0.2, 0.25) is 5.82 Å². The summed E-state index contributed by atoms with van der Waals surface area (Å²) in [5.74, 6) is -0.111. The zero-order valence-electron chi connectivity index (χ0n) is 8.14. The fraction of sp³-hybridized carbons (Fsp3) is 0.143. The zero-order valence-corrected chi connectivity index (χ0v) is 8.14. The highest BCUT2D eigenvalue weighted by Gasteiger charge is 2.25. The number of hydrogen-bond donors (Lipinski definition) is 0. The maximum atomic E-state index is 10.9. The Morgan fingerprint density at radius 2 is 2.25 bits per heavy atom. The number of nitrogens with zero attached hydrogens (tertiary/aromatic N) is 6. The molecule has 0 bridgehead atoms. The Morgan fingerprint density at radius 3 is 2.81 bits per heavy atom. The predicted molar refractivity (Wildman–Crippen MR) is 50.2 cm³/mol. The number of hydrogen-bond acceptors (Lipinski definition) is 7. The molecular formula is C7H6N6O3. The van der Waals surface area contributed by atoms with Gasteiger partial charge in [-0.1, -0.05) is 0 Å². The molecular weight excluding hydrogens is 216 g/mol. The summed E-state index contributed by atoms with van der Waals surface area (Å²) >= 11 is 0. The highest BCUT2D eigenvalue weighted by Crippen LogP contribution is 2.28. The molecule has 0 amide bonds. The highest BCUT2D eigenvalue weighted by atomic mass is 16.6. The Labute approximate surface area is 88.9 Å². The molecule has 0 aromatic carbocycles. The lowest BCUT2D eigenvalue weighted by atomic mass is 10.4. The first-order chi connectivity index (χ1) is 7.74. The van der Waals surface area contributed by atoms with Crippen molar-refractivity contribution in [2.24, 2.45) is 0 Å². The van der Waals surface area contributed by atoms with Crippen molar-refractivity contribution >= 4 is 5.69 Å². The molecule has 9 heteroatoms. The van der Waals surface area contributed by atoms with Crippen LogP contribution in [0.1, 0.15) is 0 Å². The van der Waals surface area contributed by atoms with Crippen LogP contribution in [-0.4, -0.2) is 36.8 Å². The molecule has 0 N–H and O–H groups in total. The molecule has 0 spiro atoms. The van der Waals surface area contributed by atoms with Crippen molar-refractivity contribution < 1.29 is 9.66 Å². The molecule has 0 atom stereocenters. The Bertz CT molecular complexity index is 511. The minimum atomic E-state index is -0.629. The normalized spacial score (nSPS) is 10.1. The van der Waals surface area contributed by atoms with E-state index in [1.807, 2.05) is 0 Å². The van der Waals surface area contributed by atoms with Crippen molar-refractivity contribution in [3.8, 4) is 11.7 Å². The zero-order chi connectivity index (χ0) is 11.5. The molecule has 0 saturated heterocycles. The molecule has 2 heterocycles. The molecule has 16 heavy (non-hydrogen) atoms. The van der Waals surface area contributed by atoms with Gasteiger partial charge in [0.1, 0.15) is 19.0 Å². The molecule has 2 rings (SSSR count). The van der Waals surface area contributed by atoms with Crippen LogP contribution in [-0.2, 0) is 0 Å². The van der Waals surface area contributed by atoms with Crippen LogP contribution < -0.4 is 4.74 Å². The lowest BCUT2D eigenvalue weighted by Gasteiger charge is -2.03. The van der Waals surface area contributed by atoms with Gasteiger partial charge in [-0.2, -0.15) is 14.8 Å². The average Bonchev–Trinajstić information content (AvgIpc) is 2.81. The first-order valence-corrected chi connectivity index (χ1v) is 4.12. The lowest BCUT2D eigenvalue weighted by molar-refractivity contribution is -0.386. The molecule has 0 fully saturated rings. The van der Waals surface area contributed by atoms with Gasteiger partial charge in [0.25, 0.3) is 5.88 Å². The van der Waals surface area contributed by atoms with Gasteiger partial charge in [-0.25, -0.2) is 9.97 Å². The Hall–Kier alpha value is -2.58. The molecule has 0 unspecified atom stereocenters. The lowest BCUT2D eigenvalue weighted by Crippen LogP contribution is -2.06. The summed E-state index contributed by atoms with van der Waals surface area (Å²) < 4.78 is 5.96. The monoisotopic (exact) mass is 222 g/mol. The fourth-order valence-corrected chi connectivity index (χ4v) is 1.15. The third kappa shape index (κ3) is 1.54. The predicted octanol–water partition coefficient (Wildman–Crippen LogP) is -0.0259. The second kappa shape index (κ2) is 3.88.